The Morgan fingerprint density at radius 1 is 1.11 bits per heavy atom. The predicted octanol–water partition coefficient (Wildman–Crippen LogP) is 3.69. The van der Waals surface area contributed by atoms with E-state index < -0.39 is 6.04 Å². The molecule has 27 heavy (non-hydrogen) atoms. The molecule has 0 bridgehead atoms. The molecule has 1 atom stereocenters. The lowest BCUT2D eigenvalue weighted by Gasteiger charge is -2.10. The number of anilines is 2. The van der Waals surface area contributed by atoms with Gasteiger partial charge in [-0.2, -0.15) is 5.10 Å². The summed E-state index contributed by atoms with van der Waals surface area (Å²) < 4.78 is 1.64. The van der Waals surface area contributed by atoms with Crippen LogP contribution in [-0.2, 0) is 9.59 Å². The minimum Gasteiger partial charge on any atom is -0.326 e. The molecule has 6 nitrogen and oxygen atoms in total. The Morgan fingerprint density at radius 2 is 1.81 bits per heavy atom. The zero-order valence-corrected chi connectivity index (χ0v) is 15.2. The Balaban J connectivity index is 1.59. The number of nitrogens with one attached hydrogen (secondary N) is 2. The van der Waals surface area contributed by atoms with E-state index in [9.17, 15) is 9.59 Å². The van der Waals surface area contributed by atoms with Crippen LogP contribution in [0.4, 0.5) is 11.5 Å². The van der Waals surface area contributed by atoms with Gasteiger partial charge in [-0.1, -0.05) is 48.0 Å². The van der Waals surface area contributed by atoms with Gasteiger partial charge in [0.15, 0.2) is 0 Å². The van der Waals surface area contributed by atoms with Crippen molar-refractivity contribution in [1.29, 1.82) is 0 Å². The molecule has 2 aromatic carbocycles. The second kappa shape index (κ2) is 6.72. The molecular weight excluding hydrogens is 340 g/mol. The number of para-hydroxylation sites is 1. The van der Waals surface area contributed by atoms with Gasteiger partial charge >= 0.3 is 0 Å². The van der Waals surface area contributed by atoms with E-state index in [-0.39, 0.29) is 18.2 Å². The van der Waals surface area contributed by atoms with Crippen molar-refractivity contribution in [2.75, 3.05) is 10.6 Å². The fraction of sp³-hybridized carbons (Fsp3) is 0.190. The summed E-state index contributed by atoms with van der Waals surface area (Å²) >= 11 is 0. The number of carbonyl (C=O) groups excluding carboxylic acids is 2. The molecule has 1 aliphatic rings. The second-order valence-corrected chi connectivity index (χ2v) is 6.74. The van der Waals surface area contributed by atoms with E-state index in [4.69, 9.17) is 0 Å². The van der Waals surface area contributed by atoms with Crippen molar-refractivity contribution in [1.82, 2.24) is 9.78 Å². The van der Waals surface area contributed by atoms with Crippen molar-refractivity contribution in [2.24, 2.45) is 0 Å². The molecule has 2 amide bonds. The van der Waals surface area contributed by atoms with Crippen LogP contribution in [0.25, 0.3) is 11.1 Å². The van der Waals surface area contributed by atoms with E-state index in [0.717, 1.165) is 16.8 Å². The van der Waals surface area contributed by atoms with Gasteiger partial charge in [-0.15, -0.1) is 0 Å². The smallest absolute Gasteiger partial charge is 0.251 e. The van der Waals surface area contributed by atoms with E-state index in [1.807, 2.05) is 68.4 Å². The first-order chi connectivity index (χ1) is 13.0. The number of hydrogen-bond acceptors (Lipinski definition) is 3. The van der Waals surface area contributed by atoms with Crippen LogP contribution in [0, 0.1) is 13.8 Å². The molecule has 0 fully saturated rings. The van der Waals surface area contributed by atoms with E-state index in [1.165, 1.54) is 5.56 Å². The third kappa shape index (κ3) is 3.21. The molecule has 1 aromatic heterocycles. The van der Waals surface area contributed by atoms with Crippen molar-refractivity contribution >= 4 is 23.3 Å². The number of nitrogens with zero attached hydrogens (tertiary/aromatic N) is 2. The number of aryl methyl sites for hydroxylation is 2. The van der Waals surface area contributed by atoms with Gasteiger partial charge in [0.05, 0.1) is 12.1 Å². The summed E-state index contributed by atoms with van der Waals surface area (Å²) in [5, 5.41) is 10.3. The molecule has 2 heterocycles. The molecule has 0 spiro atoms. The number of hydrogen-bond donors (Lipinski definition) is 2. The van der Waals surface area contributed by atoms with Crippen molar-refractivity contribution in [2.45, 2.75) is 26.3 Å². The predicted molar refractivity (Wildman–Crippen MR) is 104 cm³/mol. The lowest BCUT2D eigenvalue weighted by Crippen LogP contribution is -2.23. The van der Waals surface area contributed by atoms with Crippen molar-refractivity contribution in [3.63, 3.8) is 0 Å². The molecule has 0 saturated carbocycles. The summed E-state index contributed by atoms with van der Waals surface area (Å²) in [4.78, 5) is 24.9. The molecule has 4 rings (SSSR count). The van der Waals surface area contributed by atoms with Gasteiger partial charge in [-0.3, -0.25) is 9.59 Å². The largest absolute Gasteiger partial charge is 0.326 e. The minimum atomic E-state index is -0.651. The van der Waals surface area contributed by atoms with Crippen LogP contribution >= 0.6 is 0 Å². The molecule has 6 heteroatoms. The number of aromatic nitrogens is 2. The van der Waals surface area contributed by atoms with Crippen molar-refractivity contribution < 1.29 is 9.59 Å². The highest BCUT2D eigenvalue weighted by molar-refractivity contribution is 6.04. The SMILES string of the molecule is Cc1ccc(-c2c(C)nn3c2NC(=O)C3CC(=O)Nc2ccccc2)cc1. The number of carbonyl (C=O) groups is 2. The van der Waals surface area contributed by atoms with Gasteiger partial charge in [0.1, 0.15) is 11.9 Å². The van der Waals surface area contributed by atoms with E-state index in [1.54, 1.807) is 4.68 Å². The fourth-order valence-electron chi connectivity index (χ4n) is 3.36. The Bertz CT molecular complexity index is 1010. The quantitative estimate of drug-likeness (QED) is 0.745. The van der Waals surface area contributed by atoms with Crippen molar-refractivity contribution in [3.8, 4) is 11.1 Å². The molecule has 0 radical (unpaired) electrons. The lowest BCUT2D eigenvalue weighted by molar-refractivity contribution is -0.123. The third-order valence-electron chi connectivity index (χ3n) is 4.70. The molecule has 136 valence electrons. The summed E-state index contributed by atoms with van der Waals surface area (Å²) in [5.74, 6) is 0.215. The molecule has 1 aliphatic heterocycles. The number of rotatable bonds is 4. The second-order valence-electron chi connectivity index (χ2n) is 6.74. The van der Waals surface area contributed by atoms with Crippen LogP contribution in [0.15, 0.2) is 54.6 Å². The standard InChI is InChI=1S/C21H20N4O2/c1-13-8-10-15(11-9-13)19-14(2)24-25-17(21(27)23-20(19)25)12-18(26)22-16-6-4-3-5-7-16/h3-11,17H,12H2,1-2H3,(H,22,26)(H,23,27). The third-order valence-corrected chi connectivity index (χ3v) is 4.70. The summed E-state index contributed by atoms with van der Waals surface area (Å²) in [6.45, 7) is 3.94. The zero-order chi connectivity index (χ0) is 19.0. The first kappa shape index (κ1) is 17.0. The van der Waals surface area contributed by atoms with Gasteiger partial charge in [0.2, 0.25) is 5.91 Å². The van der Waals surface area contributed by atoms with Gasteiger partial charge in [0.25, 0.3) is 5.91 Å². The van der Waals surface area contributed by atoms with Crippen LogP contribution in [0.2, 0.25) is 0 Å². The normalized spacial score (nSPS) is 15.3. The minimum absolute atomic E-state index is 0.0299. The van der Waals surface area contributed by atoms with Crippen LogP contribution in [0.5, 0.6) is 0 Å². The summed E-state index contributed by atoms with van der Waals surface area (Å²) in [6, 6.07) is 16.6. The average Bonchev–Trinajstić information content (AvgIpc) is 3.11. The van der Waals surface area contributed by atoms with Crippen molar-refractivity contribution in [3.05, 3.63) is 65.9 Å². The Kier molecular flexibility index (Phi) is 4.24. The fourth-order valence-corrected chi connectivity index (χ4v) is 3.36. The van der Waals surface area contributed by atoms with E-state index in [2.05, 4.69) is 15.7 Å². The monoisotopic (exact) mass is 360 g/mol. The van der Waals surface area contributed by atoms with Crippen LogP contribution in [0.1, 0.15) is 23.7 Å². The topological polar surface area (TPSA) is 76.0 Å². The first-order valence-electron chi connectivity index (χ1n) is 8.85. The summed E-state index contributed by atoms with van der Waals surface area (Å²) in [5.41, 5.74) is 4.59. The van der Waals surface area contributed by atoms with Gasteiger partial charge < -0.3 is 10.6 Å². The van der Waals surface area contributed by atoms with Crippen LogP contribution in [0.3, 0.4) is 0 Å². The summed E-state index contributed by atoms with van der Waals surface area (Å²) in [6.07, 6.45) is 0.0299. The maximum Gasteiger partial charge on any atom is 0.251 e. The highest BCUT2D eigenvalue weighted by atomic mass is 16.2. The van der Waals surface area contributed by atoms with Gasteiger partial charge in [-0.05, 0) is 31.5 Å². The first-order valence-corrected chi connectivity index (χ1v) is 8.85. The highest BCUT2D eigenvalue weighted by Gasteiger charge is 2.36. The number of benzene rings is 2. The Labute approximate surface area is 157 Å². The van der Waals surface area contributed by atoms with Crippen LogP contribution in [-0.4, -0.2) is 21.6 Å². The summed E-state index contributed by atoms with van der Waals surface area (Å²) in [7, 11) is 0. The number of amides is 2. The van der Waals surface area contributed by atoms with Gasteiger partial charge in [0, 0.05) is 11.3 Å². The number of fused-ring (bicyclic) bond motifs is 1. The zero-order valence-electron chi connectivity index (χ0n) is 15.2. The van der Waals surface area contributed by atoms with E-state index >= 15 is 0 Å². The molecule has 0 saturated heterocycles. The van der Waals surface area contributed by atoms with Crippen LogP contribution < -0.4 is 10.6 Å². The molecule has 0 aliphatic carbocycles. The molecule has 1 unspecified atom stereocenters. The molecular formula is C21H20N4O2. The van der Waals surface area contributed by atoms with E-state index in [0.29, 0.717) is 11.5 Å². The molecule has 3 aromatic rings. The Hall–Kier alpha value is -3.41. The average molecular weight is 360 g/mol. The molecule has 2 N–H and O–H groups in total. The maximum atomic E-state index is 12.5. The Morgan fingerprint density at radius 3 is 2.52 bits per heavy atom. The highest BCUT2D eigenvalue weighted by Crippen LogP contribution is 2.38. The van der Waals surface area contributed by atoms with Gasteiger partial charge in [-0.25, -0.2) is 4.68 Å². The maximum absolute atomic E-state index is 12.5. The lowest BCUT2D eigenvalue weighted by atomic mass is 10.0.